The number of halogens is 2. The van der Waals surface area contributed by atoms with Crippen molar-refractivity contribution in [1.29, 1.82) is 0 Å². The molecule has 9 nitrogen and oxygen atoms in total. The normalized spacial score (nSPS) is 11.6. The number of benzene rings is 4. The van der Waals surface area contributed by atoms with Crippen molar-refractivity contribution < 1.29 is 35.1 Å². The molecule has 1 aromatic heterocycles. The smallest absolute Gasteiger partial charge is 0.338 e. The first-order valence-electron chi connectivity index (χ1n) is 12.4. The molecule has 0 atom stereocenters. The fourth-order valence-corrected chi connectivity index (χ4v) is 6.72. The Kier molecular flexibility index (Phi) is 8.52. The van der Waals surface area contributed by atoms with E-state index in [1.165, 1.54) is 11.3 Å². The largest absolute Gasteiger partial charge is 0.456 e. The Morgan fingerprint density at radius 2 is 1.26 bits per heavy atom. The van der Waals surface area contributed by atoms with E-state index in [1.54, 1.807) is 5.38 Å². The second-order valence-electron chi connectivity index (χ2n) is 9.00. The average Bonchev–Trinajstić information content (AvgIpc) is 3.45. The second-order valence-corrected chi connectivity index (χ2v) is 13.2. The molecule has 0 aliphatic heterocycles. The summed E-state index contributed by atoms with van der Waals surface area (Å²) in [5.41, 5.74) is 0.813. The molecule has 0 bridgehead atoms. The average molecular weight is 642 g/mol. The lowest BCUT2D eigenvalue weighted by Gasteiger charge is -2.14. The molecule has 5 rings (SSSR count). The zero-order chi connectivity index (χ0) is 30.6. The molecule has 0 amide bonds. The number of esters is 1. The molecule has 220 valence electrons. The number of aromatic nitrogens is 1. The van der Waals surface area contributed by atoms with Gasteiger partial charge in [-0.3, -0.25) is 9.44 Å². The van der Waals surface area contributed by atoms with Gasteiger partial charge >= 0.3 is 5.97 Å². The summed E-state index contributed by atoms with van der Waals surface area (Å²) in [7, 11) is -8.53. The molecule has 0 unspecified atom stereocenters. The van der Waals surface area contributed by atoms with Gasteiger partial charge in [0, 0.05) is 10.9 Å². The van der Waals surface area contributed by atoms with Crippen molar-refractivity contribution in [1.82, 2.24) is 4.98 Å². The van der Waals surface area contributed by atoms with Crippen LogP contribution in [-0.2, 0) is 31.4 Å². The first kappa shape index (κ1) is 29.8. The number of hydrogen-bond donors (Lipinski definition) is 2. The molecule has 0 aliphatic rings. The summed E-state index contributed by atoms with van der Waals surface area (Å²) in [5, 5.41) is 2.45. The van der Waals surface area contributed by atoms with Gasteiger partial charge in [-0.1, -0.05) is 30.3 Å². The van der Waals surface area contributed by atoms with Crippen molar-refractivity contribution in [2.45, 2.75) is 16.4 Å². The monoisotopic (exact) mass is 641 g/mol. The fourth-order valence-electron chi connectivity index (χ4n) is 3.83. The van der Waals surface area contributed by atoms with Crippen LogP contribution in [0.2, 0.25) is 0 Å². The van der Waals surface area contributed by atoms with Crippen LogP contribution in [0.25, 0.3) is 10.6 Å². The molecule has 1 heterocycles. The summed E-state index contributed by atoms with van der Waals surface area (Å²) >= 11 is 1.36. The van der Waals surface area contributed by atoms with Crippen molar-refractivity contribution in [3.05, 3.63) is 125 Å². The Balaban J connectivity index is 1.42. The molecule has 0 fully saturated rings. The number of nitrogens with zero attached hydrogens (tertiary/aromatic N) is 1. The van der Waals surface area contributed by atoms with Crippen LogP contribution < -0.4 is 9.44 Å². The van der Waals surface area contributed by atoms with E-state index in [-0.39, 0.29) is 33.3 Å². The van der Waals surface area contributed by atoms with Gasteiger partial charge in [0.1, 0.15) is 23.2 Å². The number of rotatable bonds is 10. The van der Waals surface area contributed by atoms with Crippen LogP contribution in [0, 0.1) is 11.6 Å². The fraction of sp³-hybridized carbons (Fsp3) is 0.0345. The van der Waals surface area contributed by atoms with Crippen LogP contribution in [0.1, 0.15) is 16.1 Å². The third-order valence-electron chi connectivity index (χ3n) is 5.84. The van der Waals surface area contributed by atoms with Crippen LogP contribution in [0.4, 0.5) is 20.2 Å². The number of ether oxygens (including phenoxy) is 1. The minimum absolute atomic E-state index is 0.185. The van der Waals surface area contributed by atoms with Crippen molar-refractivity contribution in [3.63, 3.8) is 0 Å². The maximum absolute atomic E-state index is 13.3. The van der Waals surface area contributed by atoms with Gasteiger partial charge in [0.2, 0.25) is 0 Å². The van der Waals surface area contributed by atoms with Crippen LogP contribution in [0.3, 0.4) is 0 Å². The molecular weight excluding hydrogens is 621 g/mol. The van der Waals surface area contributed by atoms with E-state index in [4.69, 9.17) is 4.74 Å². The lowest BCUT2D eigenvalue weighted by atomic mass is 10.2. The molecule has 2 N–H and O–H groups in total. The Hall–Kier alpha value is -4.66. The van der Waals surface area contributed by atoms with Gasteiger partial charge < -0.3 is 4.74 Å². The summed E-state index contributed by atoms with van der Waals surface area (Å²) in [5.74, 6) is -2.17. The summed E-state index contributed by atoms with van der Waals surface area (Å²) in [6.07, 6.45) is 0. The van der Waals surface area contributed by atoms with E-state index in [1.807, 2.05) is 30.3 Å². The summed E-state index contributed by atoms with van der Waals surface area (Å²) in [4.78, 5) is 17.0. The quantitative estimate of drug-likeness (QED) is 0.178. The molecule has 0 saturated carbocycles. The van der Waals surface area contributed by atoms with Crippen LogP contribution >= 0.6 is 11.3 Å². The topological polar surface area (TPSA) is 132 Å². The molecule has 0 saturated heterocycles. The first-order valence-corrected chi connectivity index (χ1v) is 16.2. The molecular formula is C29H21F2N3O6S3. The van der Waals surface area contributed by atoms with Crippen molar-refractivity contribution in [3.8, 4) is 10.6 Å². The third-order valence-corrected chi connectivity index (χ3v) is 9.58. The molecule has 4 aromatic carbocycles. The van der Waals surface area contributed by atoms with Gasteiger partial charge in [-0.05, 0) is 66.7 Å². The maximum Gasteiger partial charge on any atom is 0.338 e. The number of sulfonamides is 2. The highest BCUT2D eigenvalue weighted by molar-refractivity contribution is 7.93. The van der Waals surface area contributed by atoms with Crippen LogP contribution in [-0.4, -0.2) is 27.8 Å². The van der Waals surface area contributed by atoms with Crippen LogP contribution in [0.5, 0.6) is 0 Å². The molecule has 14 heteroatoms. The zero-order valence-electron chi connectivity index (χ0n) is 21.9. The summed E-state index contributed by atoms with van der Waals surface area (Å²) in [6, 6.07) is 20.9. The Morgan fingerprint density at radius 3 is 1.77 bits per heavy atom. The van der Waals surface area contributed by atoms with Gasteiger partial charge in [-0.2, -0.15) is 0 Å². The summed E-state index contributed by atoms with van der Waals surface area (Å²) < 4.78 is 88.4. The van der Waals surface area contributed by atoms with Crippen molar-refractivity contribution in [2.75, 3.05) is 9.44 Å². The number of hydrogen-bond acceptors (Lipinski definition) is 8. The number of anilines is 2. The third kappa shape index (κ3) is 7.41. The van der Waals surface area contributed by atoms with Crippen LogP contribution in [0.15, 0.2) is 112 Å². The number of nitrogens with one attached hydrogen (secondary N) is 2. The molecule has 5 aromatic rings. The van der Waals surface area contributed by atoms with Gasteiger partial charge in [0.15, 0.2) is 0 Å². The van der Waals surface area contributed by atoms with Gasteiger partial charge in [0.25, 0.3) is 20.0 Å². The lowest BCUT2D eigenvalue weighted by molar-refractivity contribution is 0.0468. The van der Waals surface area contributed by atoms with Crippen molar-refractivity contribution in [2.24, 2.45) is 0 Å². The molecule has 43 heavy (non-hydrogen) atoms. The standard InChI is InChI=1S/C29H21F2N3O6S3/c30-21-6-10-26(11-7-21)42(36,37)33-23-14-20(15-24(16-23)34-43(38,39)27-12-8-22(31)9-13-27)29(35)40-17-25-18-41-28(32-25)19-4-2-1-3-5-19/h1-16,18,33-34H,17H2. The van der Waals surface area contributed by atoms with E-state index in [9.17, 15) is 30.4 Å². The predicted octanol–water partition coefficient (Wildman–Crippen LogP) is 6.05. The van der Waals surface area contributed by atoms with E-state index in [0.29, 0.717) is 5.69 Å². The molecule has 0 radical (unpaired) electrons. The lowest BCUT2D eigenvalue weighted by Crippen LogP contribution is -2.16. The minimum atomic E-state index is -4.27. The Bertz CT molecular complexity index is 1890. The van der Waals surface area contributed by atoms with E-state index >= 15 is 0 Å². The highest BCUT2D eigenvalue weighted by Gasteiger charge is 2.20. The predicted molar refractivity (Wildman–Crippen MR) is 158 cm³/mol. The number of thiazole rings is 1. The van der Waals surface area contributed by atoms with E-state index in [0.717, 1.165) is 77.3 Å². The molecule has 0 spiro atoms. The first-order chi connectivity index (χ1) is 20.5. The van der Waals surface area contributed by atoms with Gasteiger partial charge in [-0.25, -0.2) is 35.4 Å². The Labute approximate surface area is 249 Å². The van der Waals surface area contributed by atoms with E-state index in [2.05, 4.69) is 14.4 Å². The minimum Gasteiger partial charge on any atom is -0.456 e. The summed E-state index contributed by atoms with van der Waals surface area (Å²) in [6.45, 7) is -0.204. The second kappa shape index (κ2) is 12.3. The van der Waals surface area contributed by atoms with Crippen molar-refractivity contribution >= 4 is 48.7 Å². The van der Waals surface area contributed by atoms with Gasteiger partial charge in [-0.15, -0.1) is 11.3 Å². The highest BCUT2D eigenvalue weighted by atomic mass is 32.2. The molecule has 0 aliphatic carbocycles. The number of carbonyl (C=O) groups excluding carboxylic acids is 1. The zero-order valence-corrected chi connectivity index (χ0v) is 24.3. The Morgan fingerprint density at radius 1 is 0.744 bits per heavy atom. The number of carbonyl (C=O) groups is 1. The highest BCUT2D eigenvalue weighted by Crippen LogP contribution is 2.27. The SMILES string of the molecule is O=C(OCc1csc(-c2ccccc2)n1)c1cc(NS(=O)(=O)c2ccc(F)cc2)cc(NS(=O)(=O)c2ccc(F)cc2)c1. The van der Waals surface area contributed by atoms with Gasteiger partial charge in [0.05, 0.1) is 32.4 Å². The van der Waals surface area contributed by atoms with E-state index < -0.39 is 37.7 Å². The maximum atomic E-state index is 13.3.